The van der Waals surface area contributed by atoms with Crippen LogP contribution in [-0.4, -0.2) is 71.9 Å². The molecule has 2 unspecified atom stereocenters. The maximum absolute atomic E-state index is 10.0. The maximum atomic E-state index is 10.0. The standard InChI is InChI=1S/C3H4Br2O.C3H5BrO2.2CH3.2Mg.H2O/c2*1-2(4)3(5)6;;;;;/h2H,1H3;2H,1H3,(H,5,6);2*1H3;;;1H2/q;;2*-1;2*+2;/p-2. The van der Waals surface area contributed by atoms with Crippen LogP contribution in [-0.2, 0) is 9.59 Å². The van der Waals surface area contributed by atoms with Gasteiger partial charge < -0.3 is 30.2 Å². The Morgan fingerprint density at radius 1 is 1.00 bits per heavy atom. The van der Waals surface area contributed by atoms with Crippen molar-refractivity contribution < 1.29 is 20.2 Å². The van der Waals surface area contributed by atoms with Crippen molar-refractivity contribution in [2.24, 2.45) is 0 Å². The van der Waals surface area contributed by atoms with Crippen LogP contribution in [0, 0.1) is 14.9 Å². The first-order chi connectivity index (χ1) is 5.29. The molecule has 0 aliphatic heterocycles. The van der Waals surface area contributed by atoms with Crippen LogP contribution in [0.25, 0.3) is 0 Å². The quantitative estimate of drug-likeness (QED) is 0.266. The van der Waals surface area contributed by atoms with Crippen molar-refractivity contribution in [3.8, 4) is 0 Å². The third kappa shape index (κ3) is 46.0. The molecule has 1 N–H and O–H groups in total. The van der Waals surface area contributed by atoms with Crippen molar-refractivity contribution in [3.05, 3.63) is 14.9 Å². The molecule has 0 aromatic heterocycles. The Kier molecular flexibility index (Phi) is 66.9. The molecule has 9 heteroatoms. The van der Waals surface area contributed by atoms with E-state index in [1.54, 1.807) is 6.92 Å². The second-order valence-electron chi connectivity index (χ2n) is 1.86. The number of hydrogen-bond donors (Lipinski definition) is 0. The average molecular weight is 464 g/mol. The fourth-order valence-electron chi connectivity index (χ4n) is 0. The van der Waals surface area contributed by atoms with E-state index >= 15 is 0 Å². The molecule has 4 nitrogen and oxygen atoms in total. The van der Waals surface area contributed by atoms with Crippen molar-refractivity contribution in [3.63, 3.8) is 0 Å². The number of carboxylic acids is 1. The molecule has 0 saturated heterocycles. The number of hydrogen-bond acceptors (Lipinski definition) is 4. The molecule has 0 saturated carbocycles. The zero-order valence-electron chi connectivity index (χ0n) is 10.4. The van der Waals surface area contributed by atoms with Crippen molar-refractivity contribution in [2.45, 2.75) is 23.5 Å². The number of aliphatic carboxylic acids is 1. The first kappa shape index (κ1) is 42.7. The average Bonchev–Trinajstić information content (AvgIpc) is 1.88. The van der Waals surface area contributed by atoms with Gasteiger partial charge >= 0.3 is 46.1 Å². The number of carbonyl (C=O) groups is 2. The summed E-state index contributed by atoms with van der Waals surface area (Å²) in [5.41, 5.74) is 0. The Morgan fingerprint density at radius 3 is 1.12 bits per heavy atom. The van der Waals surface area contributed by atoms with Gasteiger partial charge in [0, 0.05) is 0 Å². The molecule has 0 fully saturated rings. The Bertz CT molecular complexity index is 151. The van der Waals surface area contributed by atoms with Crippen molar-refractivity contribution in [1.29, 1.82) is 0 Å². The summed E-state index contributed by atoms with van der Waals surface area (Å²) in [6.45, 7) is 3.26. The Balaban J connectivity index is -0.0000000182. The van der Waals surface area contributed by atoms with Crippen LogP contribution in [0.3, 0.4) is 0 Å². The largest absolute Gasteiger partial charge is 2.00 e. The Labute approximate surface area is 161 Å². The molecule has 0 heterocycles. The van der Waals surface area contributed by atoms with Crippen LogP contribution in [0.5, 0.6) is 0 Å². The molecule has 0 radical (unpaired) electrons. The minimum atomic E-state index is -1.07. The third-order valence-corrected chi connectivity index (χ3v) is 2.73. The SMILES string of the molecule is CC(Br)C(=O)Br.CC(Br)C(=O)[O-].[CH3-].[CH3-].[Mg+2].[Mg+2].[OH-]. The molecule has 0 aromatic carbocycles. The molecule has 0 aliphatic rings. The van der Waals surface area contributed by atoms with Crippen LogP contribution in [0.15, 0.2) is 0 Å². The van der Waals surface area contributed by atoms with Crippen molar-refractivity contribution in [2.75, 3.05) is 0 Å². The first-order valence-corrected chi connectivity index (χ1v) is 5.59. The summed E-state index contributed by atoms with van der Waals surface area (Å²) in [6, 6.07) is 0. The summed E-state index contributed by atoms with van der Waals surface area (Å²) >= 11 is 8.57. The van der Waals surface area contributed by atoms with E-state index in [9.17, 15) is 14.7 Å². The first-order valence-electron chi connectivity index (χ1n) is 2.97. The van der Waals surface area contributed by atoms with Gasteiger partial charge in [-0.3, -0.25) is 4.79 Å². The summed E-state index contributed by atoms with van der Waals surface area (Å²) < 4.78 is -0.0116. The van der Waals surface area contributed by atoms with Gasteiger partial charge in [-0.25, -0.2) is 0 Å². The molecule has 0 amide bonds. The number of alkyl halides is 2. The van der Waals surface area contributed by atoms with Crippen LogP contribution in [0.2, 0.25) is 0 Å². The smallest absolute Gasteiger partial charge is 0.870 e. The zero-order chi connectivity index (χ0) is 10.3. The predicted octanol–water partition coefficient (Wildman–Crippen LogP) is 1.17. The predicted molar refractivity (Wildman–Crippen MR) is 82.0 cm³/mol. The maximum Gasteiger partial charge on any atom is 2.00 e. The van der Waals surface area contributed by atoms with E-state index in [0.29, 0.717) is 0 Å². The van der Waals surface area contributed by atoms with Crippen LogP contribution in [0.4, 0.5) is 0 Å². The monoisotopic (exact) mass is 460 g/mol. The van der Waals surface area contributed by atoms with Gasteiger partial charge in [-0.2, -0.15) is 0 Å². The minimum Gasteiger partial charge on any atom is -0.870 e. The van der Waals surface area contributed by atoms with Gasteiger partial charge in [-0.15, -0.1) is 0 Å². The van der Waals surface area contributed by atoms with Gasteiger partial charge in [0.1, 0.15) is 0 Å². The fourth-order valence-corrected chi connectivity index (χ4v) is 0. The summed E-state index contributed by atoms with van der Waals surface area (Å²) in [7, 11) is 0. The van der Waals surface area contributed by atoms with E-state index in [2.05, 4.69) is 47.8 Å². The van der Waals surface area contributed by atoms with E-state index < -0.39 is 10.8 Å². The molecular weight excluding hydrogens is 448 g/mol. The second kappa shape index (κ2) is 26.6. The van der Waals surface area contributed by atoms with E-state index in [1.165, 1.54) is 6.92 Å². The topological polar surface area (TPSA) is 87.2 Å². The molecular formula is C8H15Br3Mg2O4. The fraction of sp³-hybridized carbons (Fsp3) is 0.500. The van der Waals surface area contributed by atoms with Crippen LogP contribution < -0.4 is 5.11 Å². The second-order valence-corrected chi connectivity index (χ2v) is 5.38. The van der Waals surface area contributed by atoms with Gasteiger partial charge in [0.2, 0.25) is 4.69 Å². The van der Waals surface area contributed by atoms with E-state index in [-0.39, 0.29) is 76.0 Å². The van der Waals surface area contributed by atoms with Gasteiger partial charge in [-0.1, -0.05) is 31.9 Å². The summed E-state index contributed by atoms with van der Waals surface area (Å²) in [6.07, 6.45) is 0. The summed E-state index contributed by atoms with van der Waals surface area (Å²) in [4.78, 5) is 19.0. The van der Waals surface area contributed by atoms with Crippen molar-refractivity contribution >= 4 is 105 Å². The van der Waals surface area contributed by atoms with E-state index in [0.717, 1.165) is 0 Å². The van der Waals surface area contributed by atoms with Crippen molar-refractivity contribution in [1.82, 2.24) is 0 Å². The zero-order valence-corrected chi connectivity index (χ0v) is 18.0. The van der Waals surface area contributed by atoms with Crippen LogP contribution >= 0.6 is 47.8 Å². The van der Waals surface area contributed by atoms with Gasteiger partial charge in [0.15, 0.2) is 0 Å². The van der Waals surface area contributed by atoms with E-state index in [1.807, 2.05) is 0 Å². The molecule has 0 bridgehead atoms. The number of halogens is 3. The molecule has 0 rings (SSSR count). The molecule has 0 aromatic rings. The van der Waals surface area contributed by atoms with Gasteiger partial charge in [0.05, 0.1) is 15.6 Å². The van der Waals surface area contributed by atoms with Gasteiger partial charge in [-0.05, 0) is 29.8 Å². The number of carbonyl (C=O) groups excluding carboxylic acids is 2. The Morgan fingerprint density at radius 2 is 1.12 bits per heavy atom. The van der Waals surface area contributed by atoms with Gasteiger partial charge in [0.25, 0.3) is 0 Å². The molecule has 2 atom stereocenters. The summed E-state index contributed by atoms with van der Waals surface area (Å²) in [5, 5.41) is 9.54. The summed E-state index contributed by atoms with van der Waals surface area (Å²) in [5.74, 6) is -1.07. The minimum absolute atomic E-state index is 0. The third-order valence-electron chi connectivity index (χ3n) is 0.638. The molecule has 17 heavy (non-hydrogen) atoms. The Hall–Kier alpha value is 2.07. The number of rotatable bonds is 2. The normalized spacial score (nSPS) is 9.71. The van der Waals surface area contributed by atoms with E-state index in [4.69, 9.17) is 0 Å². The molecule has 0 spiro atoms. The molecule has 0 aliphatic carbocycles. The number of carboxylic acid groups (broad SMARTS) is 1. The molecule has 96 valence electrons. The van der Waals surface area contributed by atoms with Crippen LogP contribution in [0.1, 0.15) is 13.8 Å².